The number of hydrogen-bond donors (Lipinski definition) is 1. The van der Waals surface area contributed by atoms with Crippen molar-refractivity contribution in [1.29, 1.82) is 0 Å². The zero-order valence-electron chi connectivity index (χ0n) is 15.5. The Morgan fingerprint density at radius 3 is 2.79 bits per heavy atom. The van der Waals surface area contributed by atoms with Gasteiger partial charge in [-0.2, -0.15) is 0 Å². The van der Waals surface area contributed by atoms with Crippen molar-refractivity contribution in [2.45, 2.75) is 19.3 Å². The summed E-state index contributed by atoms with van der Waals surface area (Å²) in [7, 11) is 0. The lowest BCUT2D eigenvalue weighted by Crippen LogP contribution is -2.34. The van der Waals surface area contributed by atoms with E-state index < -0.39 is 5.82 Å². The predicted octanol–water partition coefficient (Wildman–Crippen LogP) is 2.79. The monoisotopic (exact) mass is 412 g/mol. The zero-order valence-corrected chi connectivity index (χ0v) is 16.2. The lowest BCUT2D eigenvalue weighted by atomic mass is 10.1. The Morgan fingerprint density at radius 2 is 2.03 bits per heavy atom. The van der Waals surface area contributed by atoms with Crippen molar-refractivity contribution in [3.05, 3.63) is 80.7 Å². The number of nitrogens with one attached hydrogen (secondary N) is 1. The number of fused-ring (bicyclic) bond motifs is 1. The number of aromatic nitrogens is 3. The number of rotatable bonds is 3. The van der Waals surface area contributed by atoms with Crippen molar-refractivity contribution >= 4 is 17.5 Å². The maximum Gasteiger partial charge on any atom is 0.254 e. The van der Waals surface area contributed by atoms with Gasteiger partial charge in [-0.25, -0.2) is 9.37 Å². The van der Waals surface area contributed by atoms with Gasteiger partial charge in [0.25, 0.3) is 5.56 Å². The molecule has 3 aromatic rings. The fraction of sp³-hybridized carbons (Fsp3) is 0.238. The van der Waals surface area contributed by atoms with Crippen LogP contribution in [-0.4, -0.2) is 38.8 Å². The minimum atomic E-state index is -0.497. The van der Waals surface area contributed by atoms with Gasteiger partial charge in [0, 0.05) is 53.6 Å². The molecule has 0 saturated heterocycles. The van der Waals surface area contributed by atoms with Gasteiger partial charge in [0.05, 0.1) is 12.1 Å². The van der Waals surface area contributed by atoms with E-state index in [0.29, 0.717) is 43.0 Å². The summed E-state index contributed by atoms with van der Waals surface area (Å²) >= 11 is 6.04. The highest BCUT2D eigenvalue weighted by Gasteiger charge is 2.23. The lowest BCUT2D eigenvalue weighted by Gasteiger charge is -2.20. The van der Waals surface area contributed by atoms with Gasteiger partial charge in [-0.05, 0) is 30.7 Å². The summed E-state index contributed by atoms with van der Waals surface area (Å²) < 4.78 is 14.0. The zero-order chi connectivity index (χ0) is 20.4. The Balaban J connectivity index is 1.54. The molecule has 0 aliphatic carbocycles. The molecule has 0 atom stereocenters. The van der Waals surface area contributed by atoms with Crippen LogP contribution in [0.1, 0.15) is 16.8 Å². The summed E-state index contributed by atoms with van der Waals surface area (Å²) in [6, 6.07) is 7.95. The standard InChI is InChI=1S/C21H18ClFN4O2/c22-16-4-1-5-17(23)15(16)11-19(28)27-9-6-14-18(7-10-27)25-20(26-21(14)29)13-3-2-8-24-12-13/h1-5,8,12H,6-7,9-11H2,(H,25,26,29). The number of pyridine rings is 1. The fourth-order valence-corrected chi connectivity index (χ4v) is 3.69. The highest BCUT2D eigenvalue weighted by atomic mass is 35.5. The molecule has 6 nitrogen and oxygen atoms in total. The van der Waals surface area contributed by atoms with Crippen LogP contribution in [0, 0.1) is 5.82 Å². The third-order valence-corrected chi connectivity index (χ3v) is 5.38. The summed E-state index contributed by atoms with van der Waals surface area (Å²) in [5.74, 6) is -0.267. The summed E-state index contributed by atoms with van der Waals surface area (Å²) in [6.45, 7) is 0.774. The molecule has 1 amide bonds. The molecule has 1 aromatic carbocycles. The van der Waals surface area contributed by atoms with Crippen molar-refractivity contribution in [2.75, 3.05) is 13.1 Å². The van der Waals surface area contributed by atoms with Gasteiger partial charge in [0.15, 0.2) is 0 Å². The molecule has 0 unspecified atom stereocenters. The SMILES string of the molecule is O=C(Cc1c(F)cccc1Cl)N1CCc2nc(-c3cccnc3)[nH]c(=O)c2CC1. The molecule has 0 radical (unpaired) electrons. The van der Waals surface area contributed by atoms with Crippen LogP contribution in [0.5, 0.6) is 0 Å². The Bertz CT molecular complexity index is 1100. The summed E-state index contributed by atoms with van der Waals surface area (Å²) in [4.78, 5) is 38.4. The van der Waals surface area contributed by atoms with Crippen molar-refractivity contribution < 1.29 is 9.18 Å². The first kappa shape index (κ1) is 19.3. The second-order valence-corrected chi connectivity index (χ2v) is 7.25. The number of carbonyl (C=O) groups excluding carboxylic acids is 1. The van der Waals surface area contributed by atoms with Crippen molar-refractivity contribution in [2.24, 2.45) is 0 Å². The first-order chi connectivity index (χ1) is 14.0. The molecule has 0 spiro atoms. The lowest BCUT2D eigenvalue weighted by molar-refractivity contribution is -0.130. The predicted molar refractivity (Wildman–Crippen MR) is 107 cm³/mol. The molecule has 4 rings (SSSR count). The van der Waals surface area contributed by atoms with Gasteiger partial charge < -0.3 is 9.88 Å². The van der Waals surface area contributed by atoms with E-state index in [2.05, 4.69) is 15.0 Å². The van der Waals surface area contributed by atoms with Crippen LogP contribution in [0.2, 0.25) is 5.02 Å². The van der Waals surface area contributed by atoms with Crippen LogP contribution in [0.25, 0.3) is 11.4 Å². The Morgan fingerprint density at radius 1 is 1.21 bits per heavy atom. The molecule has 0 fully saturated rings. The summed E-state index contributed by atoms with van der Waals surface area (Å²) in [5, 5.41) is 0.232. The quantitative estimate of drug-likeness (QED) is 0.717. The van der Waals surface area contributed by atoms with Crippen molar-refractivity contribution in [3.8, 4) is 11.4 Å². The highest BCUT2D eigenvalue weighted by molar-refractivity contribution is 6.31. The maximum absolute atomic E-state index is 14.0. The number of aromatic amines is 1. The largest absolute Gasteiger partial charge is 0.342 e. The number of hydrogen-bond acceptors (Lipinski definition) is 4. The van der Waals surface area contributed by atoms with Crippen molar-refractivity contribution in [3.63, 3.8) is 0 Å². The molecule has 1 aliphatic rings. The van der Waals surface area contributed by atoms with E-state index in [1.807, 2.05) is 6.07 Å². The van der Waals surface area contributed by atoms with Crippen LogP contribution < -0.4 is 5.56 Å². The minimum Gasteiger partial charge on any atom is -0.342 e. The number of amides is 1. The Labute approximate surface area is 171 Å². The van der Waals surface area contributed by atoms with Crippen LogP contribution in [-0.2, 0) is 24.1 Å². The third-order valence-electron chi connectivity index (χ3n) is 5.03. The molecule has 3 heterocycles. The average Bonchev–Trinajstić information content (AvgIpc) is 2.94. The van der Waals surface area contributed by atoms with Gasteiger partial charge >= 0.3 is 0 Å². The molecule has 0 saturated carbocycles. The van der Waals surface area contributed by atoms with E-state index in [1.165, 1.54) is 12.1 Å². The fourth-order valence-electron chi connectivity index (χ4n) is 3.46. The maximum atomic E-state index is 14.0. The van der Waals surface area contributed by atoms with E-state index in [0.717, 1.165) is 5.56 Å². The van der Waals surface area contributed by atoms with Gasteiger partial charge in [0.1, 0.15) is 11.6 Å². The van der Waals surface area contributed by atoms with E-state index in [4.69, 9.17) is 11.6 Å². The van der Waals surface area contributed by atoms with Crippen LogP contribution >= 0.6 is 11.6 Å². The van der Waals surface area contributed by atoms with Gasteiger partial charge in [-0.3, -0.25) is 14.6 Å². The molecule has 148 valence electrons. The van der Waals surface area contributed by atoms with E-state index in [1.54, 1.807) is 29.4 Å². The van der Waals surface area contributed by atoms with Crippen LogP contribution in [0.4, 0.5) is 4.39 Å². The second kappa shape index (κ2) is 8.13. The normalized spacial score (nSPS) is 13.7. The first-order valence-electron chi connectivity index (χ1n) is 9.26. The van der Waals surface area contributed by atoms with E-state index >= 15 is 0 Å². The Hall–Kier alpha value is -3.06. The molecule has 1 aliphatic heterocycles. The molecule has 1 N–H and O–H groups in total. The van der Waals surface area contributed by atoms with Gasteiger partial charge in [-0.1, -0.05) is 17.7 Å². The van der Waals surface area contributed by atoms with Gasteiger partial charge in [-0.15, -0.1) is 0 Å². The summed E-state index contributed by atoms with van der Waals surface area (Å²) in [6.07, 6.45) is 4.00. The minimum absolute atomic E-state index is 0.118. The molecular formula is C21H18ClFN4O2. The number of halogens is 2. The van der Waals surface area contributed by atoms with Gasteiger partial charge in [0.2, 0.25) is 5.91 Å². The highest BCUT2D eigenvalue weighted by Crippen LogP contribution is 2.21. The van der Waals surface area contributed by atoms with Crippen LogP contribution in [0.15, 0.2) is 47.5 Å². The molecule has 2 aromatic heterocycles. The molecule has 29 heavy (non-hydrogen) atoms. The Kier molecular flexibility index (Phi) is 5.40. The van der Waals surface area contributed by atoms with Crippen LogP contribution in [0.3, 0.4) is 0 Å². The number of benzene rings is 1. The second-order valence-electron chi connectivity index (χ2n) is 6.84. The average molecular weight is 413 g/mol. The molecule has 8 heteroatoms. The number of H-pyrrole nitrogens is 1. The number of nitrogens with zero attached hydrogens (tertiary/aromatic N) is 3. The molecule has 0 bridgehead atoms. The van der Waals surface area contributed by atoms with E-state index in [9.17, 15) is 14.0 Å². The third kappa shape index (κ3) is 4.05. The van der Waals surface area contributed by atoms with Crippen molar-refractivity contribution in [1.82, 2.24) is 19.9 Å². The molecular weight excluding hydrogens is 395 g/mol. The van der Waals surface area contributed by atoms with E-state index in [-0.39, 0.29) is 28.5 Å². The topological polar surface area (TPSA) is 79.0 Å². The smallest absolute Gasteiger partial charge is 0.254 e. The number of carbonyl (C=O) groups is 1. The summed E-state index contributed by atoms with van der Waals surface area (Å²) in [5.41, 5.74) is 1.96. The first-order valence-corrected chi connectivity index (χ1v) is 9.64.